The molecular formula is C13H14N2O4S2. The van der Waals surface area contributed by atoms with Crippen molar-refractivity contribution in [2.75, 3.05) is 14.1 Å². The number of hydrogen-bond acceptors (Lipinski definition) is 5. The minimum absolute atomic E-state index is 0.119. The zero-order chi connectivity index (χ0) is 15.6. The molecule has 21 heavy (non-hydrogen) atoms. The number of benzene rings is 1. The summed E-state index contributed by atoms with van der Waals surface area (Å²) < 4.78 is 23.8. The molecule has 8 heteroatoms. The second kappa shape index (κ2) is 5.94. The van der Waals surface area contributed by atoms with Crippen LogP contribution < -0.4 is 4.89 Å². The van der Waals surface area contributed by atoms with E-state index in [4.69, 9.17) is 5.21 Å². The van der Waals surface area contributed by atoms with Gasteiger partial charge in [-0.25, -0.2) is 8.42 Å². The van der Waals surface area contributed by atoms with Crippen molar-refractivity contribution >= 4 is 27.3 Å². The standard InChI is InChI=1S/C13H14N2O4S2/c1-15(2)13(16)10-8-11(21(18,19)14-17)12(20-10)9-6-4-3-5-7-9/h3-8,14,17H,1-2H3. The predicted octanol–water partition coefficient (Wildman–Crippen LogP) is 1.78. The summed E-state index contributed by atoms with van der Waals surface area (Å²) in [6.07, 6.45) is 0. The molecule has 2 N–H and O–H groups in total. The lowest BCUT2D eigenvalue weighted by Gasteiger charge is -2.07. The van der Waals surface area contributed by atoms with Gasteiger partial charge in [-0.15, -0.1) is 11.3 Å². The molecule has 0 aliphatic heterocycles. The molecule has 0 aliphatic rings. The fraction of sp³-hybridized carbons (Fsp3) is 0.154. The lowest BCUT2D eigenvalue weighted by Crippen LogP contribution is -2.21. The molecule has 6 nitrogen and oxygen atoms in total. The van der Waals surface area contributed by atoms with E-state index in [9.17, 15) is 13.2 Å². The van der Waals surface area contributed by atoms with Crippen LogP contribution in [0.2, 0.25) is 0 Å². The lowest BCUT2D eigenvalue weighted by molar-refractivity contribution is 0.0832. The summed E-state index contributed by atoms with van der Waals surface area (Å²) in [6, 6.07) is 10.1. The van der Waals surface area contributed by atoms with Crippen LogP contribution in [0.15, 0.2) is 41.3 Å². The van der Waals surface area contributed by atoms with Crippen LogP contribution >= 0.6 is 11.3 Å². The van der Waals surface area contributed by atoms with E-state index in [0.717, 1.165) is 11.3 Å². The number of hydrogen-bond donors (Lipinski definition) is 2. The van der Waals surface area contributed by atoms with Crippen LogP contribution in [-0.4, -0.2) is 38.5 Å². The first kappa shape index (κ1) is 15.6. The van der Waals surface area contributed by atoms with Gasteiger partial charge in [0.2, 0.25) is 0 Å². The Kier molecular flexibility index (Phi) is 4.43. The normalized spacial score (nSPS) is 11.4. The molecule has 0 saturated carbocycles. The van der Waals surface area contributed by atoms with Gasteiger partial charge in [0.15, 0.2) is 0 Å². The van der Waals surface area contributed by atoms with Crippen molar-refractivity contribution in [1.82, 2.24) is 9.79 Å². The first-order valence-corrected chi connectivity index (χ1v) is 8.23. The van der Waals surface area contributed by atoms with Gasteiger partial charge in [0.1, 0.15) is 4.90 Å². The SMILES string of the molecule is CN(C)C(=O)c1cc(S(=O)(=O)NO)c(-c2ccccc2)s1. The Balaban J connectivity index is 2.66. The maximum Gasteiger partial charge on any atom is 0.263 e. The Labute approximate surface area is 126 Å². The van der Waals surface area contributed by atoms with Crippen molar-refractivity contribution < 1.29 is 18.4 Å². The van der Waals surface area contributed by atoms with E-state index in [0.29, 0.717) is 10.4 Å². The fourth-order valence-corrected chi connectivity index (χ4v) is 4.08. The highest BCUT2D eigenvalue weighted by atomic mass is 32.2. The molecule has 112 valence electrons. The summed E-state index contributed by atoms with van der Waals surface area (Å²) in [5.41, 5.74) is 0.661. The van der Waals surface area contributed by atoms with Crippen LogP contribution in [0.1, 0.15) is 9.67 Å². The zero-order valence-corrected chi connectivity index (χ0v) is 13.0. The molecule has 1 aromatic carbocycles. The lowest BCUT2D eigenvalue weighted by atomic mass is 10.2. The molecule has 1 amide bonds. The number of rotatable bonds is 4. The molecule has 2 rings (SSSR count). The number of thiophene rings is 1. The third kappa shape index (κ3) is 3.13. The topological polar surface area (TPSA) is 86.7 Å². The van der Waals surface area contributed by atoms with E-state index in [1.165, 1.54) is 15.9 Å². The highest BCUT2D eigenvalue weighted by Gasteiger charge is 2.25. The Morgan fingerprint density at radius 1 is 1.24 bits per heavy atom. The molecule has 0 bridgehead atoms. The van der Waals surface area contributed by atoms with Gasteiger partial charge in [-0.3, -0.25) is 4.79 Å². The van der Waals surface area contributed by atoms with Gasteiger partial charge in [-0.1, -0.05) is 35.2 Å². The van der Waals surface area contributed by atoms with Crippen LogP contribution in [0.5, 0.6) is 0 Å². The van der Waals surface area contributed by atoms with E-state index in [2.05, 4.69) is 0 Å². The average molecular weight is 326 g/mol. The first-order chi connectivity index (χ1) is 9.86. The van der Waals surface area contributed by atoms with E-state index < -0.39 is 10.0 Å². The minimum atomic E-state index is -4.07. The maximum atomic E-state index is 12.0. The molecule has 0 aliphatic carbocycles. The van der Waals surface area contributed by atoms with E-state index in [1.807, 2.05) is 6.07 Å². The summed E-state index contributed by atoms with van der Waals surface area (Å²) in [6.45, 7) is 0. The second-order valence-electron chi connectivity index (χ2n) is 4.46. The van der Waals surface area contributed by atoms with Crippen molar-refractivity contribution in [1.29, 1.82) is 0 Å². The quantitative estimate of drug-likeness (QED) is 0.839. The van der Waals surface area contributed by atoms with Crippen LogP contribution in [0.25, 0.3) is 10.4 Å². The van der Waals surface area contributed by atoms with Gasteiger partial charge in [0, 0.05) is 14.1 Å². The monoisotopic (exact) mass is 326 g/mol. The van der Waals surface area contributed by atoms with E-state index in [1.54, 1.807) is 38.4 Å². The van der Waals surface area contributed by atoms with Gasteiger partial charge in [0.05, 0.1) is 9.75 Å². The van der Waals surface area contributed by atoms with Gasteiger partial charge >= 0.3 is 0 Å². The van der Waals surface area contributed by atoms with Crippen molar-refractivity contribution in [3.63, 3.8) is 0 Å². The third-order valence-electron chi connectivity index (χ3n) is 2.76. The zero-order valence-electron chi connectivity index (χ0n) is 11.4. The van der Waals surface area contributed by atoms with Crippen molar-refractivity contribution in [2.24, 2.45) is 0 Å². The molecule has 2 aromatic rings. The van der Waals surface area contributed by atoms with Crippen molar-refractivity contribution in [3.8, 4) is 10.4 Å². The molecule has 0 saturated heterocycles. The van der Waals surface area contributed by atoms with E-state index >= 15 is 0 Å². The van der Waals surface area contributed by atoms with Crippen LogP contribution in [-0.2, 0) is 10.0 Å². The smallest absolute Gasteiger partial charge is 0.263 e. The number of amides is 1. The molecule has 0 spiro atoms. The van der Waals surface area contributed by atoms with Gasteiger partial charge in [0.25, 0.3) is 15.9 Å². The summed E-state index contributed by atoms with van der Waals surface area (Å²) in [7, 11) is -0.898. The number of sulfonamides is 1. The summed E-state index contributed by atoms with van der Waals surface area (Å²) >= 11 is 1.07. The molecule has 1 aromatic heterocycles. The Hall–Kier alpha value is -1.74. The van der Waals surface area contributed by atoms with E-state index in [-0.39, 0.29) is 15.7 Å². The van der Waals surface area contributed by atoms with Gasteiger partial charge in [-0.2, -0.15) is 0 Å². The maximum absolute atomic E-state index is 12.0. The highest BCUT2D eigenvalue weighted by Crippen LogP contribution is 2.35. The molecule has 1 heterocycles. The van der Waals surface area contributed by atoms with Gasteiger partial charge < -0.3 is 10.1 Å². The summed E-state index contributed by atoms with van der Waals surface area (Å²) in [5.74, 6) is -0.295. The molecule has 0 unspecified atom stereocenters. The third-order valence-corrected chi connectivity index (χ3v) is 5.20. The number of carbonyl (C=O) groups is 1. The molecule has 0 fully saturated rings. The van der Waals surface area contributed by atoms with Crippen molar-refractivity contribution in [2.45, 2.75) is 4.90 Å². The van der Waals surface area contributed by atoms with Crippen LogP contribution in [0.4, 0.5) is 0 Å². The average Bonchev–Trinajstić information content (AvgIpc) is 2.93. The van der Waals surface area contributed by atoms with Gasteiger partial charge in [-0.05, 0) is 11.6 Å². The van der Waals surface area contributed by atoms with Crippen LogP contribution in [0.3, 0.4) is 0 Å². The summed E-state index contributed by atoms with van der Waals surface area (Å²) in [4.78, 5) is 15.3. The largest absolute Gasteiger partial charge is 0.344 e. The second-order valence-corrected chi connectivity index (χ2v) is 7.15. The van der Waals surface area contributed by atoms with Crippen molar-refractivity contribution in [3.05, 3.63) is 41.3 Å². The Morgan fingerprint density at radius 3 is 2.38 bits per heavy atom. The minimum Gasteiger partial charge on any atom is -0.344 e. The Morgan fingerprint density at radius 2 is 1.86 bits per heavy atom. The van der Waals surface area contributed by atoms with Crippen LogP contribution in [0, 0.1) is 0 Å². The fourth-order valence-electron chi connectivity index (χ4n) is 1.74. The summed E-state index contributed by atoms with van der Waals surface area (Å²) in [5, 5.41) is 8.85. The molecular weight excluding hydrogens is 312 g/mol. The predicted molar refractivity (Wildman–Crippen MR) is 79.9 cm³/mol. The number of carbonyl (C=O) groups excluding carboxylic acids is 1. The molecule has 0 radical (unpaired) electrons. The molecule has 0 atom stereocenters. The number of nitrogens with one attached hydrogen (secondary N) is 1. The highest BCUT2D eigenvalue weighted by molar-refractivity contribution is 7.89. The Bertz CT molecular complexity index is 752. The first-order valence-electron chi connectivity index (χ1n) is 5.93. The number of nitrogens with zero attached hydrogens (tertiary/aromatic N) is 1.